The predicted octanol–water partition coefficient (Wildman–Crippen LogP) is 0.918. The van der Waals surface area contributed by atoms with Crippen LogP contribution in [0.2, 0.25) is 0 Å². The van der Waals surface area contributed by atoms with Gasteiger partial charge in [-0.05, 0) is 26.7 Å². The van der Waals surface area contributed by atoms with Crippen molar-refractivity contribution in [1.82, 2.24) is 5.32 Å². The normalized spacial score (nSPS) is 14.7. The Kier molecular flexibility index (Phi) is 5.42. The summed E-state index contributed by atoms with van der Waals surface area (Å²) in [4.78, 5) is 11.7. The van der Waals surface area contributed by atoms with E-state index >= 15 is 0 Å². The van der Waals surface area contributed by atoms with Gasteiger partial charge in [0.25, 0.3) is 0 Å². The smallest absolute Gasteiger partial charge is 0.228 e. The van der Waals surface area contributed by atoms with Crippen LogP contribution in [0.25, 0.3) is 0 Å². The van der Waals surface area contributed by atoms with E-state index in [1.165, 1.54) is 0 Å². The van der Waals surface area contributed by atoms with Crippen LogP contribution in [0.5, 0.6) is 0 Å². The van der Waals surface area contributed by atoms with Crippen molar-refractivity contribution in [3.63, 3.8) is 0 Å². The van der Waals surface area contributed by atoms with E-state index in [-0.39, 0.29) is 12.5 Å². The number of carbonyl (C=O) groups excluding carboxylic acids is 1. The van der Waals surface area contributed by atoms with E-state index in [0.717, 1.165) is 0 Å². The van der Waals surface area contributed by atoms with Gasteiger partial charge < -0.3 is 15.5 Å². The Morgan fingerprint density at radius 3 is 2.00 bits per heavy atom. The maximum atomic E-state index is 11.7. The average Bonchev–Trinajstić information content (AvgIpc) is 2.30. The summed E-state index contributed by atoms with van der Waals surface area (Å²) in [5.74, 6) is -0.209. The molecular weight excluding hydrogens is 206 g/mol. The molecule has 0 rings (SSSR count). The molecule has 0 saturated heterocycles. The Morgan fingerprint density at radius 1 is 1.31 bits per heavy atom. The highest BCUT2D eigenvalue weighted by Crippen LogP contribution is 2.39. The molecule has 3 N–H and O–H groups in total. The van der Waals surface area contributed by atoms with Crippen LogP contribution in [0.3, 0.4) is 0 Å². The van der Waals surface area contributed by atoms with Crippen LogP contribution < -0.4 is 5.32 Å². The molecule has 0 aromatic carbocycles. The van der Waals surface area contributed by atoms with Gasteiger partial charge in [0.15, 0.2) is 0 Å². The summed E-state index contributed by atoms with van der Waals surface area (Å²) in [6.45, 7) is 7.13. The predicted molar refractivity (Wildman–Crippen MR) is 64.0 cm³/mol. The molecule has 0 aliphatic heterocycles. The van der Waals surface area contributed by atoms with Crippen molar-refractivity contribution < 1.29 is 15.0 Å². The van der Waals surface area contributed by atoms with Gasteiger partial charge in [0, 0.05) is 12.5 Å². The minimum Gasteiger partial charge on any atom is -0.396 e. The van der Waals surface area contributed by atoms with Crippen molar-refractivity contribution >= 4 is 5.91 Å². The lowest BCUT2D eigenvalue weighted by atomic mass is 9.67. The molecule has 0 aliphatic rings. The molecular formula is C12H25NO3. The van der Waals surface area contributed by atoms with Crippen LogP contribution in [0.4, 0.5) is 0 Å². The molecule has 0 aromatic rings. The quantitative estimate of drug-likeness (QED) is 0.636. The third-order valence-corrected chi connectivity index (χ3v) is 3.80. The number of hydrogen-bond donors (Lipinski definition) is 3. The van der Waals surface area contributed by atoms with Crippen LogP contribution in [0.1, 0.15) is 40.5 Å². The Morgan fingerprint density at radius 2 is 1.75 bits per heavy atom. The maximum absolute atomic E-state index is 11.7. The third kappa shape index (κ3) is 2.55. The molecule has 96 valence electrons. The SMILES string of the molecule is CCC(CC)(CO)C(O)C(C)(C)C(=O)NC. The average molecular weight is 231 g/mol. The first-order chi connectivity index (χ1) is 7.32. The molecule has 4 heteroatoms. The zero-order valence-electron chi connectivity index (χ0n) is 11.0. The van der Waals surface area contributed by atoms with Crippen molar-refractivity contribution in [2.24, 2.45) is 10.8 Å². The second-order valence-corrected chi connectivity index (χ2v) is 4.93. The summed E-state index contributed by atoms with van der Waals surface area (Å²) in [5.41, 5.74) is -1.50. The lowest BCUT2D eigenvalue weighted by Gasteiger charge is -2.42. The fraction of sp³-hybridized carbons (Fsp3) is 0.917. The number of carbonyl (C=O) groups is 1. The Bertz CT molecular complexity index is 226. The van der Waals surface area contributed by atoms with Crippen molar-refractivity contribution in [2.45, 2.75) is 46.6 Å². The highest BCUT2D eigenvalue weighted by molar-refractivity contribution is 5.82. The van der Waals surface area contributed by atoms with E-state index < -0.39 is 16.9 Å². The van der Waals surface area contributed by atoms with Gasteiger partial charge in [-0.25, -0.2) is 0 Å². The standard InChI is InChI=1S/C12H25NO3/c1-6-12(7-2,8-14)9(15)11(3,4)10(16)13-5/h9,14-15H,6-8H2,1-5H3,(H,13,16). The molecule has 0 aliphatic carbocycles. The minimum absolute atomic E-state index is 0.110. The van der Waals surface area contributed by atoms with Crippen molar-refractivity contribution in [1.29, 1.82) is 0 Å². The molecule has 1 unspecified atom stereocenters. The Balaban J connectivity index is 5.14. The molecule has 16 heavy (non-hydrogen) atoms. The summed E-state index contributed by atoms with van der Waals surface area (Å²) in [6.07, 6.45) is 0.420. The van der Waals surface area contributed by atoms with Gasteiger partial charge in [0.2, 0.25) is 5.91 Å². The summed E-state index contributed by atoms with van der Waals surface area (Å²) < 4.78 is 0. The third-order valence-electron chi connectivity index (χ3n) is 3.80. The van der Waals surface area contributed by atoms with Crippen molar-refractivity contribution in [3.05, 3.63) is 0 Å². The first-order valence-corrected chi connectivity index (χ1v) is 5.83. The van der Waals surface area contributed by atoms with Crippen LogP contribution >= 0.6 is 0 Å². The van der Waals surface area contributed by atoms with Crippen LogP contribution in [-0.4, -0.2) is 35.9 Å². The first kappa shape index (κ1) is 15.4. The monoisotopic (exact) mass is 231 g/mol. The molecule has 4 nitrogen and oxygen atoms in total. The van der Waals surface area contributed by atoms with Gasteiger partial charge in [-0.2, -0.15) is 0 Å². The Labute approximate surface area is 98.1 Å². The fourth-order valence-electron chi connectivity index (χ4n) is 2.16. The fourth-order valence-corrected chi connectivity index (χ4v) is 2.16. The van der Waals surface area contributed by atoms with Gasteiger partial charge in [-0.1, -0.05) is 13.8 Å². The molecule has 1 amide bonds. The van der Waals surface area contributed by atoms with Crippen LogP contribution in [-0.2, 0) is 4.79 Å². The number of aliphatic hydroxyl groups is 2. The van der Waals surface area contributed by atoms with E-state index in [1.54, 1.807) is 20.9 Å². The molecule has 0 aromatic heterocycles. The highest BCUT2D eigenvalue weighted by Gasteiger charge is 2.46. The topological polar surface area (TPSA) is 69.6 Å². The number of nitrogens with one attached hydrogen (secondary N) is 1. The molecule has 0 radical (unpaired) electrons. The van der Waals surface area contributed by atoms with Gasteiger partial charge >= 0.3 is 0 Å². The van der Waals surface area contributed by atoms with E-state index in [9.17, 15) is 15.0 Å². The molecule has 0 fully saturated rings. The molecule has 0 saturated carbocycles. The van der Waals surface area contributed by atoms with E-state index in [0.29, 0.717) is 12.8 Å². The highest BCUT2D eigenvalue weighted by atomic mass is 16.3. The molecule has 1 atom stereocenters. The van der Waals surface area contributed by atoms with Crippen LogP contribution in [0.15, 0.2) is 0 Å². The maximum Gasteiger partial charge on any atom is 0.228 e. The van der Waals surface area contributed by atoms with E-state index in [1.807, 2.05) is 13.8 Å². The summed E-state index contributed by atoms with van der Waals surface area (Å²) >= 11 is 0. The summed E-state index contributed by atoms with van der Waals surface area (Å²) in [6, 6.07) is 0. The number of aliphatic hydroxyl groups excluding tert-OH is 2. The van der Waals surface area contributed by atoms with Gasteiger partial charge in [0.05, 0.1) is 18.1 Å². The van der Waals surface area contributed by atoms with Crippen molar-refractivity contribution in [2.75, 3.05) is 13.7 Å². The zero-order valence-corrected chi connectivity index (χ0v) is 11.0. The molecule has 0 bridgehead atoms. The first-order valence-electron chi connectivity index (χ1n) is 5.83. The largest absolute Gasteiger partial charge is 0.396 e. The lowest BCUT2D eigenvalue weighted by molar-refractivity contribution is -0.146. The van der Waals surface area contributed by atoms with Crippen molar-refractivity contribution in [3.8, 4) is 0 Å². The minimum atomic E-state index is -0.899. The Hall–Kier alpha value is -0.610. The number of hydrogen-bond acceptors (Lipinski definition) is 3. The summed E-state index contributed by atoms with van der Waals surface area (Å²) in [7, 11) is 1.55. The summed E-state index contributed by atoms with van der Waals surface area (Å²) in [5, 5.41) is 22.4. The molecule has 0 spiro atoms. The second kappa shape index (κ2) is 5.64. The molecule has 0 heterocycles. The lowest BCUT2D eigenvalue weighted by Crippen LogP contribution is -2.52. The van der Waals surface area contributed by atoms with Gasteiger partial charge in [-0.15, -0.1) is 0 Å². The van der Waals surface area contributed by atoms with E-state index in [4.69, 9.17) is 0 Å². The number of rotatable bonds is 6. The van der Waals surface area contributed by atoms with Crippen LogP contribution in [0, 0.1) is 10.8 Å². The van der Waals surface area contributed by atoms with E-state index in [2.05, 4.69) is 5.32 Å². The second-order valence-electron chi connectivity index (χ2n) is 4.93. The van der Waals surface area contributed by atoms with Gasteiger partial charge in [-0.3, -0.25) is 4.79 Å². The van der Waals surface area contributed by atoms with Gasteiger partial charge in [0.1, 0.15) is 0 Å². The zero-order chi connectivity index (χ0) is 13.0. The number of amides is 1.